The maximum atomic E-state index is 12.2. The van der Waals surface area contributed by atoms with Crippen molar-refractivity contribution in [3.63, 3.8) is 0 Å². The van der Waals surface area contributed by atoms with Gasteiger partial charge in [0.1, 0.15) is 5.75 Å². The Kier molecular flexibility index (Phi) is 4.86. The third-order valence-corrected chi connectivity index (χ3v) is 4.26. The van der Waals surface area contributed by atoms with Crippen molar-refractivity contribution in [3.05, 3.63) is 28.2 Å². The molecule has 3 nitrogen and oxygen atoms in total. The van der Waals surface area contributed by atoms with Crippen molar-refractivity contribution in [2.45, 2.75) is 26.2 Å². The third kappa shape index (κ3) is 3.72. The van der Waals surface area contributed by atoms with E-state index in [2.05, 4.69) is 28.2 Å². The van der Waals surface area contributed by atoms with Crippen LogP contribution in [0.1, 0.15) is 36.5 Å². The van der Waals surface area contributed by atoms with Crippen LogP contribution in [0.2, 0.25) is 0 Å². The van der Waals surface area contributed by atoms with Gasteiger partial charge in [0.25, 0.3) is 5.91 Å². The molecule has 1 aromatic carbocycles. The summed E-state index contributed by atoms with van der Waals surface area (Å²) in [6, 6.07) is 5.46. The number of hydrogen-bond donors (Lipinski definition) is 1. The Morgan fingerprint density at radius 2 is 2.26 bits per heavy atom. The number of ether oxygens (including phenoxy) is 1. The van der Waals surface area contributed by atoms with E-state index in [4.69, 9.17) is 4.74 Å². The predicted molar refractivity (Wildman–Crippen MR) is 79.5 cm³/mol. The first-order valence-corrected chi connectivity index (χ1v) is 7.51. The number of halogens is 1. The number of methoxy groups -OCH3 is 1. The lowest BCUT2D eigenvalue weighted by Gasteiger charge is -2.13. The van der Waals surface area contributed by atoms with Gasteiger partial charge in [-0.3, -0.25) is 4.79 Å². The van der Waals surface area contributed by atoms with Gasteiger partial charge < -0.3 is 10.1 Å². The van der Waals surface area contributed by atoms with Gasteiger partial charge in [-0.25, -0.2) is 0 Å². The summed E-state index contributed by atoms with van der Waals surface area (Å²) in [5, 5.41) is 3.02. The van der Waals surface area contributed by atoms with Crippen LogP contribution in [0.25, 0.3) is 0 Å². The Morgan fingerprint density at radius 1 is 1.47 bits per heavy atom. The molecule has 1 amide bonds. The lowest BCUT2D eigenvalue weighted by molar-refractivity contribution is 0.0944. The van der Waals surface area contributed by atoms with Crippen molar-refractivity contribution in [1.82, 2.24) is 5.32 Å². The summed E-state index contributed by atoms with van der Waals surface area (Å²) in [7, 11) is 1.58. The van der Waals surface area contributed by atoms with E-state index in [1.165, 1.54) is 19.3 Å². The molecule has 0 heterocycles. The van der Waals surface area contributed by atoms with Gasteiger partial charge in [-0.05, 0) is 42.9 Å². The van der Waals surface area contributed by atoms with E-state index in [0.29, 0.717) is 17.2 Å². The van der Waals surface area contributed by atoms with Gasteiger partial charge in [0, 0.05) is 11.0 Å². The molecule has 0 saturated heterocycles. The molecule has 104 valence electrons. The fraction of sp³-hybridized carbons (Fsp3) is 0.533. The molecule has 1 N–H and O–H groups in total. The highest BCUT2D eigenvalue weighted by Gasteiger charge is 2.22. The standard InChI is InChI=1S/C15H20BrNO2/c1-10-3-4-11(7-10)9-17-15(18)13-6-5-12(16)8-14(13)19-2/h5-6,8,10-11H,3-4,7,9H2,1-2H3,(H,17,18). The summed E-state index contributed by atoms with van der Waals surface area (Å²) in [6.45, 7) is 3.04. The van der Waals surface area contributed by atoms with E-state index in [1.807, 2.05) is 12.1 Å². The molecule has 19 heavy (non-hydrogen) atoms. The average Bonchev–Trinajstić information content (AvgIpc) is 2.81. The molecule has 0 aromatic heterocycles. The minimum atomic E-state index is -0.0519. The van der Waals surface area contributed by atoms with Crippen LogP contribution in [-0.4, -0.2) is 19.6 Å². The smallest absolute Gasteiger partial charge is 0.255 e. The Labute approximate surface area is 122 Å². The zero-order chi connectivity index (χ0) is 13.8. The van der Waals surface area contributed by atoms with Gasteiger partial charge in [-0.15, -0.1) is 0 Å². The van der Waals surface area contributed by atoms with Gasteiger partial charge in [0.15, 0.2) is 0 Å². The van der Waals surface area contributed by atoms with Crippen molar-refractivity contribution in [2.24, 2.45) is 11.8 Å². The molecule has 2 rings (SSSR count). The molecular weight excluding hydrogens is 306 g/mol. The minimum absolute atomic E-state index is 0.0519. The summed E-state index contributed by atoms with van der Waals surface area (Å²) in [6.07, 6.45) is 3.72. The van der Waals surface area contributed by atoms with Crippen LogP contribution in [0.3, 0.4) is 0 Å². The van der Waals surface area contributed by atoms with Crippen molar-refractivity contribution >= 4 is 21.8 Å². The largest absolute Gasteiger partial charge is 0.496 e. The monoisotopic (exact) mass is 325 g/mol. The van der Waals surface area contributed by atoms with Gasteiger partial charge in [0.2, 0.25) is 0 Å². The van der Waals surface area contributed by atoms with Gasteiger partial charge >= 0.3 is 0 Å². The highest BCUT2D eigenvalue weighted by molar-refractivity contribution is 9.10. The first-order valence-electron chi connectivity index (χ1n) is 6.72. The van der Waals surface area contributed by atoms with Crippen LogP contribution in [0.5, 0.6) is 5.75 Å². The van der Waals surface area contributed by atoms with E-state index < -0.39 is 0 Å². The second-order valence-corrected chi connectivity index (χ2v) is 6.25. The van der Waals surface area contributed by atoms with E-state index in [0.717, 1.165) is 16.9 Å². The topological polar surface area (TPSA) is 38.3 Å². The highest BCUT2D eigenvalue weighted by Crippen LogP contribution is 2.30. The minimum Gasteiger partial charge on any atom is -0.496 e. The zero-order valence-corrected chi connectivity index (χ0v) is 13.0. The molecule has 1 aromatic rings. The number of carbonyl (C=O) groups excluding carboxylic acids is 1. The van der Waals surface area contributed by atoms with E-state index in [9.17, 15) is 4.79 Å². The number of carbonyl (C=O) groups is 1. The molecule has 4 heteroatoms. The average molecular weight is 326 g/mol. The number of nitrogens with one attached hydrogen (secondary N) is 1. The van der Waals surface area contributed by atoms with Gasteiger partial charge in [-0.2, -0.15) is 0 Å². The Morgan fingerprint density at radius 3 is 2.89 bits per heavy atom. The molecule has 0 bridgehead atoms. The first-order chi connectivity index (χ1) is 9.10. The summed E-state index contributed by atoms with van der Waals surface area (Å²) >= 11 is 3.37. The fourth-order valence-electron chi connectivity index (χ4n) is 2.70. The lowest BCUT2D eigenvalue weighted by atomic mass is 10.1. The van der Waals surface area contributed by atoms with Crippen LogP contribution in [-0.2, 0) is 0 Å². The molecule has 1 saturated carbocycles. The van der Waals surface area contributed by atoms with E-state index in [1.54, 1.807) is 13.2 Å². The Hall–Kier alpha value is -1.03. The second kappa shape index (κ2) is 6.42. The van der Waals surface area contributed by atoms with Crippen molar-refractivity contribution in [3.8, 4) is 5.75 Å². The Bertz CT molecular complexity index is 461. The van der Waals surface area contributed by atoms with E-state index >= 15 is 0 Å². The van der Waals surface area contributed by atoms with Crippen LogP contribution in [0.15, 0.2) is 22.7 Å². The molecule has 1 aliphatic rings. The maximum absolute atomic E-state index is 12.2. The third-order valence-electron chi connectivity index (χ3n) is 3.76. The fourth-order valence-corrected chi connectivity index (χ4v) is 3.04. The van der Waals surface area contributed by atoms with E-state index in [-0.39, 0.29) is 5.91 Å². The van der Waals surface area contributed by atoms with Crippen molar-refractivity contribution in [2.75, 3.05) is 13.7 Å². The number of amides is 1. The highest BCUT2D eigenvalue weighted by atomic mass is 79.9. The summed E-state index contributed by atoms with van der Waals surface area (Å²) in [5.74, 6) is 1.97. The predicted octanol–water partition coefficient (Wildman–Crippen LogP) is 3.62. The summed E-state index contributed by atoms with van der Waals surface area (Å²) < 4.78 is 6.15. The normalized spacial score (nSPS) is 22.3. The van der Waals surface area contributed by atoms with Crippen LogP contribution in [0.4, 0.5) is 0 Å². The molecule has 0 spiro atoms. The second-order valence-electron chi connectivity index (χ2n) is 5.34. The molecule has 2 atom stereocenters. The molecule has 2 unspecified atom stereocenters. The van der Waals surface area contributed by atoms with Gasteiger partial charge in [-0.1, -0.05) is 29.3 Å². The summed E-state index contributed by atoms with van der Waals surface area (Å²) in [5.41, 5.74) is 0.594. The number of benzene rings is 1. The number of hydrogen-bond acceptors (Lipinski definition) is 2. The van der Waals surface area contributed by atoms with Crippen LogP contribution < -0.4 is 10.1 Å². The SMILES string of the molecule is COc1cc(Br)ccc1C(=O)NCC1CCC(C)C1. The molecular formula is C15H20BrNO2. The molecule has 0 aliphatic heterocycles. The molecule has 0 radical (unpaired) electrons. The summed E-state index contributed by atoms with van der Waals surface area (Å²) in [4.78, 5) is 12.2. The van der Waals surface area contributed by atoms with Gasteiger partial charge in [0.05, 0.1) is 12.7 Å². The molecule has 1 aliphatic carbocycles. The lowest BCUT2D eigenvalue weighted by Crippen LogP contribution is -2.28. The van der Waals surface area contributed by atoms with Crippen LogP contribution >= 0.6 is 15.9 Å². The van der Waals surface area contributed by atoms with Crippen molar-refractivity contribution in [1.29, 1.82) is 0 Å². The van der Waals surface area contributed by atoms with Crippen molar-refractivity contribution < 1.29 is 9.53 Å². The molecule has 1 fully saturated rings. The first kappa shape index (κ1) is 14.4. The maximum Gasteiger partial charge on any atom is 0.255 e. The quantitative estimate of drug-likeness (QED) is 0.918. The Balaban J connectivity index is 1.96. The zero-order valence-electron chi connectivity index (χ0n) is 11.4. The number of rotatable bonds is 4. The van der Waals surface area contributed by atoms with Crippen LogP contribution in [0, 0.1) is 11.8 Å².